The SMILES string of the molecule is COC(=O)C1CCN(C(=O)C2Cc3ccccc3CN2C(=O)c2ccco2)CC1. The molecule has 152 valence electrons. The van der Waals surface area contributed by atoms with Crippen LogP contribution in [-0.4, -0.2) is 53.8 Å². The van der Waals surface area contributed by atoms with Crippen LogP contribution in [-0.2, 0) is 27.3 Å². The van der Waals surface area contributed by atoms with E-state index in [4.69, 9.17) is 9.15 Å². The Bertz CT molecular complexity index is 900. The summed E-state index contributed by atoms with van der Waals surface area (Å²) in [7, 11) is 1.39. The number of carbonyl (C=O) groups excluding carboxylic acids is 3. The first-order valence-electron chi connectivity index (χ1n) is 9.86. The van der Waals surface area contributed by atoms with E-state index in [2.05, 4.69) is 0 Å². The van der Waals surface area contributed by atoms with Crippen molar-refractivity contribution in [3.05, 3.63) is 59.5 Å². The van der Waals surface area contributed by atoms with Crippen LogP contribution < -0.4 is 0 Å². The fourth-order valence-corrected chi connectivity index (χ4v) is 4.21. The Kier molecular flexibility index (Phi) is 5.38. The molecule has 0 spiro atoms. The van der Waals surface area contributed by atoms with Crippen molar-refractivity contribution in [3.8, 4) is 0 Å². The van der Waals surface area contributed by atoms with Crippen molar-refractivity contribution in [2.24, 2.45) is 5.92 Å². The van der Waals surface area contributed by atoms with Gasteiger partial charge in [-0.15, -0.1) is 0 Å². The second kappa shape index (κ2) is 8.11. The van der Waals surface area contributed by atoms with Gasteiger partial charge in [0.05, 0.1) is 19.3 Å². The van der Waals surface area contributed by atoms with Gasteiger partial charge in [-0.1, -0.05) is 24.3 Å². The first-order chi connectivity index (χ1) is 14.1. The van der Waals surface area contributed by atoms with E-state index in [1.54, 1.807) is 21.9 Å². The second-order valence-electron chi connectivity index (χ2n) is 7.52. The Morgan fingerprint density at radius 1 is 1.03 bits per heavy atom. The Hall–Kier alpha value is -3.09. The monoisotopic (exact) mass is 396 g/mol. The van der Waals surface area contributed by atoms with Crippen molar-refractivity contribution in [2.75, 3.05) is 20.2 Å². The molecule has 7 nitrogen and oxygen atoms in total. The van der Waals surface area contributed by atoms with Crippen LogP contribution in [0.25, 0.3) is 0 Å². The number of rotatable bonds is 3. The molecule has 0 bridgehead atoms. The van der Waals surface area contributed by atoms with Crippen molar-refractivity contribution in [1.29, 1.82) is 0 Å². The molecule has 1 aromatic heterocycles. The van der Waals surface area contributed by atoms with Gasteiger partial charge in [0.15, 0.2) is 5.76 Å². The van der Waals surface area contributed by atoms with Gasteiger partial charge in [-0.2, -0.15) is 0 Å². The van der Waals surface area contributed by atoms with E-state index < -0.39 is 6.04 Å². The number of methoxy groups -OCH3 is 1. The van der Waals surface area contributed by atoms with Crippen molar-refractivity contribution >= 4 is 17.8 Å². The highest BCUT2D eigenvalue weighted by molar-refractivity contribution is 5.96. The van der Waals surface area contributed by atoms with Crippen LogP contribution in [0.3, 0.4) is 0 Å². The lowest BCUT2D eigenvalue weighted by molar-refractivity contribution is -0.149. The third kappa shape index (κ3) is 3.77. The van der Waals surface area contributed by atoms with Crippen molar-refractivity contribution < 1.29 is 23.5 Å². The van der Waals surface area contributed by atoms with Crippen LogP contribution in [0, 0.1) is 5.92 Å². The van der Waals surface area contributed by atoms with Gasteiger partial charge in [-0.3, -0.25) is 14.4 Å². The number of fused-ring (bicyclic) bond motifs is 1. The molecular weight excluding hydrogens is 372 g/mol. The molecule has 3 heterocycles. The first-order valence-corrected chi connectivity index (χ1v) is 9.86. The third-order valence-electron chi connectivity index (χ3n) is 5.87. The van der Waals surface area contributed by atoms with Gasteiger partial charge < -0.3 is 19.0 Å². The molecule has 0 radical (unpaired) electrons. The van der Waals surface area contributed by atoms with E-state index in [9.17, 15) is 14.4 Å². The summed E-state index contributed by atoms with van der Waals surface area (Å²) >= 11 is 0. The number of furan rings is 1. The number of carbonyl (C=O) groups is 3. The Balaban J connectivity index is 1.55. The predicted molar refractivity (Wildman–Crippen MR) is 104 cm³/mol. The van der Waals surface area contributed by atoms with Crippen LogP contribution in [0.2, 0.25) is 0 Å². The Morgan fingerprint density at radius 2 is 1.76 bits per heavy atom. The normalized spacial score (nSPS) is 19.6. The van der Waals surface area contributed by atoms with Crippen LogP contribution in [0.1, 0.15) is 34.5 Å². The van der Waals surface area contributed by atoms with Crippen LogP contribution >= 0.6 is 0 Å². The van der Waals surface area contributed by atoms with E-state index in [0.717, 1.165) is 11.1 Å². The minimum atomic E-state index is -0.586. The average Bonchev–Trinajstić information content (AvgIpc) is 3.31. The van der Waals surface area contributed by atoms with Gasteiger partial charge in [-0.25, -0.2) is 0 Å². The highest BCUT2D eigenvalue weighted by atomic mass is 16.5. The maximum absolute atomic E-state index is 13.4. The van der Waals surface area contributed by atoms with E-state index >= 15 is 0 Å². The van der Waals surface area contributed by atoms with Crippen LogP contribution in [0.5, 0.6) is 0 Å². The molecule has 1 aromatic carbocycles. The molecule has 4 rings (SSSR count). The first kappa shape index (κ1) is 19.2. The molecular formula is C22H24N2O5. The molecule has 2 aliphatic heterocycles. The Morgan fingerprint density at radius 3 is 2.41 bits per heavy atom. The highest BCUT2D eigenvalue weighted by Gasteiger charge is 2.39. The Labute approximate surface area is 169 Å². The average molecular weight is 396 g/mol. The minimum Gasteiger partial charge on any atom is -0.469 e. The van der Waals surface area contributed by atoms with Crippen molar-refractivity contribution in [1.82, 2.24) is 9.80 Å². The fraction of sp³-hybridized carbons (Fsp3) is 0.409. The summed E-state index contributed by atoms with van der Waals surface area (Å²) in [6.45, 7) is 1.34. The summed E-state index contributed by atoms with van der Waals surface area (Å²) in [5.74, 6) is -0.531. The van der Waals surface area contributed by atoms with Gasteiger partial charge in [-0.05, 0) is 36.1 Å². The predicted octanol–water partition coefficient (Wildman–Crippen LogP) is 2.26. The molecule has 0 saturated carbocycles. The molecule has 1 saturated heterocycles. The summed E-state index contributed by atoms with van der Waals surface area (Å²) in [5.41, 5.74) is 2.12. The molecule has 1 atom stereocenters. The van der Waals surface area contributed by atoms with Crippen LogP contribution in [0.15, 0.2) is 47.1 Å². The number of piperidine rings is 1. The molecule has 29 heavy (non-hydrogen) atoms. The molecule has 0 aliphatic carbocycles. The number of benzene rings is 1. The maximum Gasteiger partial charge on any atom is 0.308 e. The zero-order chi connectivity index (χ0) is 20.4. The lowest BCUT2D eigenvalue weighted by atomic mass is 9.91. The number of hydrogen-bond acceptors (Lipinski definition) is 5. The molecule has 7 heteroatoms. The zero-order valence-corrected chi connectivity index (χ0v) is 16.4. The third-order valence-corrected chi connectivity index (χ3v) is 5.87. The van der Waals surface area contributed by atoms with E-state index in [-0.39, 0.29) is 29.5 Å². The molecule has 1 unspecified atom stereocenters. The smallest absolute Gasteiger partial charge is 0.308 e. The van der Waals surface area contributed by atoms with E-state index in [1.807, 2.05) is 24.3 Å². The number of likely N-dealkylation sites (tertiary alicyclic amines) is 1. The van der Waals surface area contributed by atoms with Gasteiger partial charge in [0.2, 0.25) is 5.91 Å². The van der Waals surface area contributed by atoms with Gasteiger partial charge in [0.25, 0.3) is 5.91 Å². The summed E-state index contributed by atoms with van der Waals surface area (Å²) in [5, 5.41) is 0. The second-order valence-corrected chi connectivity index (χ2v) is 7.52. The minimum absolute atomic E-state index is 0.0808. The molecule has 2 amide bonds. The lowest BCUT2D eigenvalue weighted by Gasteiger charge is -2.40. The summed E-state index contributed by atoms with van der Waals surface area (Å²) < 4.78 is 10.1. The number of hydrogen-bond donors (Lipinski definition) is 0. The number of amides is 2. The van der Waals surface area contributed by atoms with E-state index in [0.29, 0.717) is 38.9 Å². The maximum atomic E-state index is 13.4. The fourth-order valence-electron chi connectivity index (χ4n) is 4.21. The van der Waals surface area contributed by atoms with Gasteiger partial charge in [0.1, 0.15) is 6.04 Å². The summed E-state index contributed by atoms with van der Waals surface area (Å²) in [6.07, 6.45) is 3.08. The molecule has 2 aromatic rings. The van der Waals surface area contributed by atoms with Crippen molar-refractivity contribution in [2.45, 2.75) is 31.8 Å². The number of ether oxygens (including phenoxy) is 1. The largest absolute Gasteiger partial charge is 0.469 e. The lowest BCUT2D eigenvalue weighted by Crippen LogP contribution is -2.55. The van der Waals surface area contributed by atoms with Crippen molar-refractivity contribution in [3.63, 3.8) is 0 Å². The number of esters is 1. The molecule has 1 fully saturated rings. The molecule has 0 N–H and O–H groups in total. The molecule has 2 aliphatic rings. The highest BCUT2D eigenvalue weighted by Crippen LogP contribution is 2.28. The van der Waals surface area contributed by atoms with E-state index in [1.165, 1.54) is 13.4 Å². The number of nitrogens with zero attached hydrogens (tertiary/aromatic N) is 2. The van der Waals surface area contributed by atoms with Crippen LogP contribution in [0.4, 0.5) is 0 Å². The van der Waals surface area contributed by atoms with Gasteiger partial charge >= 0.3 is 5.97 Å². The standard InChI is InChI=1S/C22H24N2O5/c1-28-22(27)15-8-10-23(11-9-15)20(25)18-13-16-5-2-3-6-17(16)14-24(18)21(26)19-7-4-12-29-19/h2-7,12,15,18H,8-11,13-14H2,1H3. The van der Waals surface area contributed by atoms with Gasteiger partial charge in [0, 0.05) is 26.1 Å². The topological polar surface area (TPSA) is 80.1 Å². The summed E-state index contributed by atoms with van der Waals surface area (Å²) in [4.78, 5) is 41.6. The summed E-state index contributed by atoms with van der Waals surface area (Å²) in [6, 6.07) is 10.6. The zero-order valence-electron chi connectivity index (χ0n) is 16.4. The quantitative estimate of drug-likeness (QED) is 0.744.